The van der Waals surface area contributed by atoms with Crippen molar-refractivity contribution in [2.45, 2.75) is 6.54 Å². The van der Waals surface area contributed by atoms with Gasteiger partial charge < -0.3 is 14.4 Å². The van der Waals surface area contributed by atoms with Crippen molar-refractivity contribution in [2.24, 2.45) is 0 Å². The van der Waals surface area contributed by atoms with Crippen molar-refractivity contribution >= 4 is 39.4 Å². The Bertz CT molecular complexity index is 1150. The number of hydrogen-bond donors (Lipinski definition) is 1. The van der Waals surface area contributed by atoms with E-state index in [9.17, 15) is 9.90 Å². The maximum atomic E-state index is 12.3. The van der Waals surface area contributed by atoms with E-state index in [4.69, 9.17) is 16.3 Å². The molecule has 1 aromatic heterocycles. The first-order chi connectivity index (χ1) is 12.6. The van der Waals surface area contributed by atoms with Gasteiger partial charge in [0.05, 0.1) is 29.1 Å². The number of esters is 1. The SMILES string of the molecule is COC(=O)c1cccc2c1c1c(O)cccc1n2Cc1ccccc1Cl. The van der Waals surface area contributed by atoms with Crippen LogP contribution in [0.4, 0.5) is 0 Å². The molecule has 0 radical (unpaired) electrons. The van der Waals surface area contributed by atoms with Gasteiger partial charge in [-0.2, -0.15) is 0 Å². The van der Waals surface area contributed by atoms with Crippen molar-refractivity contribution in [3.8, 4) is 5.75 Å². The second-order valence-corrected chi connectivity index (χ2v) is 6.45. The van der Waals surface area contributed by atoms with Crippen LogP contribution in [0.5, 0.6) is 5.75 Å². The Morgan fingerprint density at radius 1 is 1.00 bits per heavy atom. The van der Waals surface area contributed by atoms with Crippen molar-refractivity contribution < 1.29 is 14.6 Å². The van der Waals surface area contributed by atoms with Crippen LogP contribution in [-0.4, -0.2) is 22.8 Å². The van der Waals surface area contributed by atoms with Crippen LogP contribution in [0.2, 0.25) is 5.02 Å². The summed E-state index contributed by atoms with van der Waals surface area (Å²) in [6.07, 6.45) is 0. The topological polar surface area (TPSA) is 51.5 Å². The smallest absolute Gasteiger partial charge is 0.338 e. The van der Waals surface area contributed by atoms with E-state index in [0.717, 1.165) is 16.6 Å². The van der Waals surface area contributed by atoms with E-state index in [0.29, 0.717) is 27.9 Å². The molecule has 0 bridgehead atoms. The molecule has 4 aromatic rings. The molecular formula is C21H16ClNO3. The molecule has 0 fully saturated rings. The van der Waals surface area contributed by atoms with E-state index >= 15 is 0 Å². The number of aromatic nitrogens is 1. The number of phenolic OH excluding ortho intramolecular Hbond substituents is 1. The number of hydrogen-bond acceptors (Lipinski definition) is 3. The average molecular weight is 366 g/mol. The number of ether oxygens (including phenoxy) is 1. The zero-order valence-corrected chi connectivity index (χ0v) is 14.8. The third-order valence-electron chi connectivity index (χ3n) is 4.59. The Morgan fingerprint density at radius 3 is 2.42 bits per heavy atom. The zero-order valence-electron chi connectivity index (χ0n) is 14.1. The minimum absolute atomic E-state index is 0.127. The first kappa shape index (κ1) is 16.5. The molecule has 5 heteroatoms. The Balaban J connectivity index is 2.08. The summed E-state index contributed by atoms with van der Waals surface area (Å²) in [5.74, 6) is -0.308. The van der Waals surface area contributed by atoms with Gasteiger partial charge >= 0.3 is 5.97 Å². The summed E-state index contributed by atoms with van der Waals surface area (Å²) in [4.78, 5) is 12.3. The van der Waals surface area contributed by atoms with E-state index in [2.05, 4.69) is 4.57 Å². The van der Waals surface area contributed by atoms with Gasteiger partial charge in [0.1, 0.15) is 5.75 Å². The molecule has 0 aliphatic carbocycles. The van der Waals surface area contributed by atoms with Crippen molar-refractivity contribution in [1.29, 1.82) is 0 Å². The predicted octanol–water partition coefficient (Wildman–Crippen LogP) is 4.99. The number of methoxy groups -OCH3 is 1. The van der Waals surface area contributed by atoms with Gasteiger partial charge in [0.2, 0.25) is 0 Å². The standard InChI is InChI=1S/C21H16ClNO3/c1-26-21(25)14-7-4-9-16-19(14)20-17(10-5-11-18(20)24)23(16)12-13-6-2-3-8-15(13)22/h2-11,24H,12H2,1H3. The number of benzene rings is 3. The highest BCUT2D eigenvalue weighted by atomic mass is 35.5. The summed E-state index contributed by atoms with van der Waals surface area (Å²) >= 11 is 6.34. The lowest BCUT2D eigenvalue weighted by Crippen LogP contribution is -2.03. The van der Waals surface area contributed by atoms with Crippen molar-refractivity contribution in [3.63, 3.8) is 0 Å². The number of carbonyl (C=O) groups excluding carboxylic acids is 1. The summed E-state index contributed by atoms with van der Waals surface area (Å²) in [5, 5.41) is 12.5. The van der Waals surface area contributed by atoms with E-state index in [-0.39, 0.29) is 5.75 Å². The van der Waals surface area contributed by atoms with Crippen molar-refractivity contribution in [3.05, 3.63) is 76.8 Å². The summed E-state index contributed by atoms with van der Waals surface area (Å²) in [7, 11) is 1.35. The Hall–Kier alpha value is -2.98. The Kier molecular flexibility index (Phi) is 4.05. The van der Waals surface area contributed by atoms with Gasteiger partial charge in [-0.3, -0.25) is 0 Å². The fraction of sp³-hybridized carbons (Fsp3) is 0.0952. The number of aromatic hydroxyl groups is 1. The molecular weight excluding hydrogens is 350 g/mol. The van der Waals surface area contributed by atoms with E-state index in [1.807, 2.05) is 42.5 Å². The summed E-state index contributed by atoms with van der Waals surface area (Å²) in [6, 6.07) is 18.4. The number of carbonyl (C=O) groups is 1. The van der Waals surface area contributed by atoms with Crippen LogP contribution >= 0.6 is 11.6 Å². The molecule has 0 aliphatic heterocycles. The van der Waals surface area contributed by atoms with E-state index in [1.54, 1.807) is 18.2 Å². The highest BCUT2D eigenvalue weighted by molar-refractivity contribution is 6.31. The largest absolute Gasteiger partial charge is 0.507 e. The lowest BCUT2D eigenvalue weighted by Gasteiger charge is -2.09. The predicted molar refractivity (Wildman–Crippen MR) is 103 cm³/mol. The molecule has 1 heterocycles. The van der Waals surface area contributed by atoms with Gasteiger partial charge in [-0.1, -0.05) is 41.9 Å². The van der Waals surface area contributed by atoms with Gasteiger partial charge in [0, 0.05) is 17.0 Å². The van der Waals surface area contributed by atoms with E-state index in [1.165, 1.54) is 7.11 Å². The molecule has 0 saturated carbocycles. The molecule has 0 unspecified atom stereocenters. The van der Waals surface area contributed by atoms with Crippen LogP contribution in [0.1, 0.15) is 15.9 Å². The fourth-order valence-electron chi connectivity index (χ4n) is 3.41. The molecule has 26 heavy (non-hydrogen) atoms. The highest BCUT2D eigenvalue weighted by Crippen LogP contribution is 2.38. The molecule has 4 nitrogen and oxygen atoms in total. The first-order valence-corrected chi connectivity index (χ1v) is 8.54. The Labute approximate surface area is 155 Å². The summed E-state index contributed by atoms with van der Waals surface area (Å²) < 4.78 is 6.98. The van der Waals surface area contributed by atoms with Gasteiger partial charge in [-0.15, -0.1) is 0 Å². The molecule has 3 aromatic carbocycles. The van der Waals surface area contributed by atoms with Crippen LogP contribution in [0.3, 0.4) is 0 Å². The molecule has 0 aliphatic rings. The highest BCUT2D eigenvalue weighted by Gasteiger charge is 2.20. The van der Waals surface area contributed by atoms with Crippen LogP contribution in [0.25, 0.3) is 21.8 Å². The lowest BCUT2D eigenvalue weighted by molar-refractivity contribution is 0.0603. The summed E-state index contributed by atoms with van der Waals surface area (Å²) in [5.41, 5.74) is 3.05. The number of fused-ring (bicyclic) bond motifs is 3. The average Bonchev–Trinajstić information content (AvgIpc) is 2.98. The molecule has 130 valence electrons. The number of halogens is 1. The van der Waals surface area contributed by atoms with Gasteiger partial charge in [-0.25, -0.2) is 4.79 Å². The quantitative estimate of drug-likeness (QED) is 0.520. The molecule has 0 amide bonds. The fourth-order valence-corrected chi connectivity index (χ4v) is 3.61. The number of nitrogens with zero attached hydrogens (tertiary/aromatic N) is 1. The van der Waals surface area contributed by atoms with Crippen molar-refractivity contribution in [2.75, 3.05) is 7.11 Å². The molecule has 4 rings (SSSR count). The monoisotopic (exact) mass is 365 g/mol. The second kappa shape index (κ2) is 6.39. The molecule has 0 atom stereocenters. The molecule has 0 saturated heterocycles. The van der Waals surface area contributed by atoms with Gasteiger partial charge in [0.15, 0.2) is 0 Å². The normalized spacial score (nSPS) is 11.2. The third kappa shape index (κ3) is 2.50. The van der Waals surface area contributed by atoms with Gasteiger partial charge in [-0.05, 0) is 35.9 Å². The van der Waals surface area contributed by atoms with Crippen LogP contribution in [0.15, 0.2) is 60.7 Å². The Morgan fingerprint density at radius 2 is 1.69 bits per heavy atom. The van der Waals surface area contributed by atoms with Gasteiger partial charge in [0.25, 0.3) is 0 Å². The zero-order chi connectivity index (χ0) is 18.3. The maximum Gasteiger partial charge on any atom is 0.338 e. The number of rotatable bonds is 3. The van der Waals surface area contributed by atoms with Crippen molar-refractivity contribution in [1.82, 2.24) is 4.57 Å². The van der Waals surface area contributed by atoms with Crippen LogP contribution in [0, 0.1) is 0 Å². The van der Waals surface area contributed by atoms with Crippen LogP contribution in [-0.2, 0) is 11.3 Å². The maximum absolute atomic E-state index is 12.3. The first-order valence-electron chi connectivity index (χ1n) is 8.16. The third-order valence-corrected chi connectivity index (χ3v) is 4.95. The lowest BCUT2D eigenvalue weighted by atomic mass is 10.1. The molecule has 1 N–H and O–H groups in total. The number of phenols is 1. The minimum atomic E-state index is -0.435. The summed E-state index contributed by atoms with van der Waals surface area (Å²) in [6.45, 7) is 0.522. The second-order valence-electron chi connectivity index (χ2n) is 6.04. The van der Waals surface area contributed by atoms with E-state index < -0.39 is 5.97 Å². The minimum Gasteiger partial charge on any atom is -0.507 e. The molecule has 0 spiro atoms. The van der Waals surface area contributed by atoms with Crippen LogP contribution < -0.4 is 0 Å².